The molecule has 0 aromatic carbocycles. The highest BCUT2D eigenvalue weighted by molar-refractivity contribution is 7.99. The summed E-state index contributed by atoms with van der Waals surface area (Å²) in [6.45, 7) is 5.67. The van der Waals surface area contributed by atoms with Crippen molar-refractivity contribution in [1.82, 2.24) is 9.55 Å². The van der Waals surface area contributed by atoms with Gasteiger partial charge in [0.2, 0.25) is 0 Å². The lowest BCUT2D eigenvalue weighted by atomic mass is 10.0. The molecule has 2 heterocycles. The van der Waals surface area contributed by atoms with E-state index in [1.807, 2.05) is 13.1 Å². The van der Waals surface area contributed by atoms with E-state index in [2.05, 4.69) is 16.5 Å². The summed E-state index contributed by atoms with van der Waals surface area (Å²) in [6, 6.07) is 0.296. The average molecular weight is 270 g/mol. The number of rotatable bonds is 5. The monoisotopic (exact) mass is 270 g/mol. The molecule has 0 aliphatic carbocycles. The molecule has 1 aromatic heterocycles. The first-order valence-electron chi connectivity index (χ1n) is 6.05. The number of carbonyl (C=O) groups is 1. The van der Waals surface area contributed by atoms with Crippen LogP contribution in [-0.4, -0.2) is 39.6 Å². The van der Waals surface area contributed by atoms with Gasteiger partial charge in [-0.3, -0.25) is 4.79 Å². The van der Waals surface area contributed by atoms with Crippen LogP contribution in [0.5, 0.6) is 0 Å². The van der Waals surface area contributed by atoms with Crippen LogP contribution in [-0.2, 0) is 9.53 Å². The SMILES string of the molecule is Cc1cn(C(C)C2CCOC2)c(SCC(=O)O)n1. The Bertz CT molecular complexity index is 427. The topological polar surface area (TPSA) is 64.3 Å². The van der Waals surface area contributed by atoms with E-state index in [-0.39, 0.29) is 5.75 Å². The van der Waals surface area contributed by atoms with Gasteiger partial charge in [-0.05, 0) is 20.3 Å². The van der Waals surface area contributed by atoms with E-state index in [9.17, 15) is 4.79 Å². The predicted octanol–water partition coefficient (Wildman–Crippen LogP) is 1.97. The fourth-order valence-corrected chi connectivity index (χ4v) is 3.01. The molecular weight excluding hydrogens is 252 g/mol. The van der Waals surface area contributed by atoms with Crippen molar-refractivity contribution in [3.05, 3.63) is 11.9 Å². The third kappa shape index (κ3) is 3.05. The molecule has 5 nitrogen and oxygen atoms in total. The van der Waals surface area contributed by atoms with Gasteiger partial charge in [0.25, 0.3) is 0 Å². The molecule has 6 heteroatoms. The van der Waals surface area contributed by atoms with Crippen molar-refractivity contribution < 1.29 is 14.6 Å². The standard InChI is InChI=1S/C12H18N2O3S/c1-8-5-14(9(2)10-3-4-17-6-10)12(13-8)18-7-11(15)16/h5,9-10H,3-4,6-7H2,1-2H3,(H,15,16). The first-order valence-corrected chi connectivity index (χ1v) is 7.04. The minimum absolute atomic E-state index is 0.0460. The van der Waals surface area contributed by atoms with E-state index in [0.717, 1.165) is 30.5 Å². The summed E-state index contributed by atoms with van der Waals surface area (Å²) in [7, 11) is 0. The maximum Gasteiger partial charge on any atom is 0.313 e. The third-order valence-electron chi connectivity index (χ3n) is 3.23. The van der Waals surface area contributed by atoms with Crippen LogP contribution in [0.15, 0.2) is 11.4 Å². The fourth-order valence-electron chi connectivity index (χ4n) is 2.18. The number of imidazole rings is 1. The Balaban J connectivity index is 2.12. The van der Waals surface area contributed by atoms with E-state index in [0.29, 0.717) is 12.0 Å². The number of hydrogen-bond donors (Lipinski definition) is 1. The van der Waals surface area contributed by atoms with Crippen LogP contribution >= 0.6 is 11.8 Å². The molecule has 0 bridgehead atoms. The quantitative estimate of drug-likeness (QED) is 0.829. The third-order valence-corrected chi connectivity index (χ3v) is 4.18. The molecule has 0 spiro atoms. The number of aryl methyl sites for hydroxylation is 1. The Morgan fingerprint density at radius 3 is 3.17 bits per heavy atom. The van der Waals surface area contributed by atoms with Crippen LogP contribution in [0, 0.1) is 12.8 Å². The van der Waals surface area contributed by atoms with Crippen LogP contribution in [0.3, 0.4) is 0 Å². The lowest BCUT2D eigenvalue weighted by Gasteiger charge is -2.20. The van der Waals surface area contributed by atoms with Crippen LogP contribution in [0.25, 0.3) is 0 Å². The molecule has 2 atom stereocenters. The normalized spacial score (nSPS) is 21.1. The molecule has 1 aromatic rings. The Hall–Kier alpha value is -1.01. The van der Waals surface area contributed by atoms with Crippen molar-refractivity contribution >= 4 is 17.7 Å². The summed E-state index contributed by atoms with van der Waals surface area (Å²) in [5.74, 6) is -0.281. The van der Waals surface area contributed by atoms with Gasteiger partial charge < -0.3 is 14.4 Å². The smallest absolute Gasteiger partial charge is 0.313 e. The summed E-state index contributed by atoms with van der Waals surface area (Å²) in [5, 5.41) is 9.53. The van der Waals surface area contributed by atoms with Crippen LogP contribution in [0.2, 0.25) is 0 Å². The molecule has 18 heavy (non-hydrogen) atoms. The van der Waals surface area contributed by atoms with E-state index in [1.165, 1.54) is 11.8 Å². The van der Waals surface area contributed by atoms with E-state index in [1.54, 1.807) is 0 Å². The van der Waals surface area contributed by atoms with E-state index >= 15 is 0 Å². The molecule has 1 fully saturated rings. The highest BCUT2D eigenvalue weighted by Gasteiger charge is 2.25. The minimum Gasteiger partial charge on any atom is -0.481 e. The van der Waals surface area contributed by atoms with Crippen molar-refractivity contribution in [2.45, 2.75) is 31.5 Å². The zero-order valence-corrected chi connectivity index (χ0v) is 11.4. The van der Waals surface area contributed by atoms with Crippen molar-refractivity contribution in [3.63, 3.8) is 0 Å². The molecule has 0 amide bonds. The summed E-state index contributed by atoms with van der Waals surface area (Å²) < 4.78 is 7.50. The molecule has 1 saturated heterocycles. The van der Waals surface area contributed by atoms with Gasteiger partial charge in [0.1, 0.15) is 0 Å². The molecule has 1 aliphatic heterocycles. The Morgan fingerprint density at radius 2 is 2.56 bits per heavy atom. The lowest BCUT2D eigenvalue weighted by molar-refractivity contribution is -0.133. The average Bonchev–Trinajstić information content (AvgIpc) is 2.94. The summed E-state index contributed by atoms with van der Waals surface area (Å²) in [5.41, 5.74) is 0.925. The van der Waals surface area contributed by atoms with Gasteiger partial charge in [-0.15, -0.1) is 0 Å². The molecule has 2 unspecified atom stereocenters. The number of nitrogens with zero attached hydrogens (tertiary/aromatic N) is 2. The largest absolute Gasteiger partial charge is 0.481 e. The number of aromatic nitrogens is 2. The second-order valence-corrected chi connectivity index (χ2v) is 5.56. The molecule has 1 aliphatic rings. The Morgan fingerprint density at radius 1 is 1.78 bits per heavy atom. The molecule has 100 valence electrons. The summed E-state index contributed by atoms with van der Waals surface area (Å²) in [4.78, 5) is 15.0. The van der Waals surface area contributed by atoms with Gasteiger partial charge in [0, 0.05) is 24.8 Å². The van der Waals surface area contributed by atoms with Crippen molar-refractivity contribution in [3.8, 4) is 0 Å². The van der Waals surface area contributed by atoms with Crippen molar-refractivity contribution in [1.29, 1.82) is 0 Å². The van der Waals surface area contributed by atoms with Gasteiger partial charge in [0.05, 0.1) is 18.1 Å². The number of aliphatic carboxylic acids is 1. The first kappa shape index (κ1) is 13.4. The Labute approximate surface area is 111 Å². The lowest BCUT2D eigenvalue weighted by Crippen LogP contribution is -2.17. The van der Waals surface area contributed by atoms with Crippen molar-refractivity contribution in [2.24, 2.45) is 5.92 Å². The number of ether oxygens (including phenoxy) is 1. The molecule has 1 N–H and O–H groups in total. The zero-order valence-electron chi connectivity index (χ0n) is 10.6. The number of thioether (sulfide) groups is 1. The van der Waals surface area contributed by atoms with E-state index < -0.39 is 5.97 Å². The molecular formula is C12H18N2O3S. The summed E-state index contributed by atoms with van der Waals surface area (Å²) >= 11 is 1.27. The Kier molecular flexibility index (Phi) is 4.29. The van der Waals surface area contributed by atoms with Crippen LogP contribution < -0.4 is 0 Å². The van der Waals surface area contributed by atoms with Gasteiger partial charge >= 0.3 is 5.97 Å². The van der Waals surface area contributed by atoms with Gasteiger partial charge in [-0.2, -0.15) is 0 Å². The summed E-state index contributed by atoms with van der Waals surface area (Å²) in [6.07, 6.45) is 3.05. The first-order chi connectivity index (χ1) is 8.58. The maximum absolute atomic E-state index is 10.6. The highest BCUT2D eigenvalue weighted by Crippen LogP contribution is 2.30. The second kappa shape index (κ2) is 5.75. The maximum atomic E-state index is 10.6. The number of carboxylic acids is 1. The van der Waals surface area contributed by atoms with Crippen LogP contribution in [0.4, 0.5) is 0 Å². The second-order valence-electron chi connectivity index (χ2n) is 4.62. The minimum atomic E-state index is -0.816. The van der Waals surface area contributed by atoms with Gasteiger partial charge in [-0.1, -0.05) is 11.8 Å². The van der Waals surface area contributed by atoms with Crippen molar-refractivity contribution in [2.75, 3.05) is 19.0 Å². The number of hydrogen-bond acceptors (Lipinski definition) is 4. The zero-order chi connectivity index (χ0) is 13.1. The molecule has 0 radical (unpaired) electrons. The van der Waals surface area contributed by atoms with Gasteiger partial charge in [0.15, 0.2) is 5.16 Å². The predicted molar refractivity (Wildman–Crippen MR) is 69.0 cm³/mol. The highest BCUT2D eigenvalue weighted by atomic mass is 32.2. The van der Waals surface area contributed by atoms with Gasteiger partial charge in [-0.25, -0.2) is 4.98 Å². The van der Waals surface area contributed by atoms with Crippen LogP contribution in [0.1, 0.15) is 25.1 Å². The molecule has 2 rings (SSSR count). The van der Waals surface area contributed by atoms with E-state index in [4.69, 9.17) is 9.84 Å². The molecule has 0 saturated carbocycles. The number of carboxylic acid groups (broad SMARTS) is 1. The fraction of sp³-hybridized carbons (Fsp3) is 0.667.